The first-order valence-electron chi connectivity index (χ1n) is 28.7. The Hall–Kier alpha value is -5.05. The topological polar surface area (TPSA) is 204 Å². The van der Waals surface area contributed by atoms with Crippen LogP contribution in [-0.2, 0) is 66.7 Å². The Morgan fingerprint density at radius 2 is 1.09 bits per heavy atom. The number of esters is 7. The molecule has 426 valence electrons. The van der Waals surface area contributed by atoms with Gasteiger partial charge in [-0.3, -0.25) is 4.79 Å². The van der Waals surface area contributed by atoms with E-state index >= 15 is 0 Å². The summed E-state index contributed by atoms with van der Waals surface area (Å²) in [5, 5.41) is 10.5. The van der Waals surface area contributed by atoms with Gasteiger partial charge >= 0.3 is 41.8 Å². The third-order valence-electron chi connectivity index (χ3n) is 18.9. The lowest BCUT2D eigenvalue weighted by Gasteiger charge is -2.60. The second-order valence-corrected chi connectivity index (χ2v) is 25.3. The molecule has 0 spiro atoms. The van der Waals surface area contributed by atoms with Crippen molar-refractivity contribution in [3.63, 3.8) is 0 Å². The van der Waals surface area contributed by atoms with Gasteiger partial charge in [-0.2, -0.15) is 0 Å². The standard InChI is InChI=1S/C16H24O2.C14H20O3.C12H14O4.C12H20O2.C8H10O4/c1-4-16(18-15(17)10(2)3)13-6-11-5-12(8-13)9-14(16)7-11;1-9(2)12(15)17-14-6-10-3-11(7-14)5-13(16,4-10)8-14;1-5(2)11(13)15-9-6-3-7-8(4-6)12(14)16-10(7)9;1-4-12(8-6-5-7-9-12)14-11(13)10(2)3;1-5(2)7(9)12-6-3-4-11-8(6)10/h11-14H,2,4-9H2,1,3H3;10-11,16H,1,3-8H2,2H3;6-10H,1,3-4H2,2H3;2,4-9H2,1,3H3;6H,1,3-4H2,2H3. The summed E-state index contributed by atoms with van der Waals surface area (Å²) >= 11 is 0. The predicted octanol–water partition coefficient (Wildman–Crippen LogP) is 10.6. The fourth-order valence-corrected chi connectivity index (χ4v) is 15.7. The zero-order valence-electron chi connectivity index (χ0n) is 47.2. The van der Waals surface area contributed by atoms with Gasteiger partial charge in [-0.25, -0.2) is 28.8 Å². The number of hydrogen-bond donors (Lipinski definition) is 1. The Kier molecular flexibility index (Phi) is 18.7. The molecule has 13 rings (SSSR count). The van der Waals surface area contributed by atoms with E-state index in [4.69, 9.17) is 28.4 Å². The molecule has 0 aromatic heterocycles. The summed E-state index contributed by atoms with van der Waals surface area (Å²) in [4.78, 5) is 79.8. The Morgan fingerprint density at radius 1 is 0.584 bits per heavy atom. The third-order valence-corrected chi connectivity index (χ3v) is 18.9. The van der Waals surface area contributed by atoms with Crippen molar-refractivity contribution in [2.45, 2.75) is 224 Å². The SMILES string of the molecule is C=C(C)C(=O)OC1(CC)C2CC3CC(C2)CC1C3.C=C(C)C(=O)OC1(CC)CCCCC1.C=C(C)C(=O)OC12CC3CC(CC(O)(C3)C1)C2.C=C(C)C(=O)OC1C2CC3C(=O)OC1C3C2.C=C(C)C(=O)OC1CCOC1=O. The van der Waals surface area contributed by atoms with Crippen LogP contribution in [0.5, 0.6) is 0 Å². The molecule has 0 aromatic carbocycles. The normalized spacial score (nSPS) is 36.9. The molecule has 10 bridgehead atoms. The van der Waals surface area contributed by atoms with Gasteiger partial charge in [-0.1, -0.05) is 53.2 Å². The molecule has 13 fully saturated rings. The van der Waals surface area contributed by atoms with Crippen molar-refractivity contribution >= 4 is 41.8 Å². The first-order chi connectivity index (χ1) is 36.2. The maximum Gasteiger partial charge on any atom is 0.347 e. The van der Waals surface area contributed by atoms with Crippen molar-refractivity contribution in [2.24, 2.45) is 53.3 Å². The van der Waals surface area contributed by atoms with Crippen LogP contribution in [0.2, 0.25) is 0 Å². The number of rotatable bonds is 12. The number of carbonyl (C=O) groups excluding carboxylic acids is 7. The minimum absolute atomic E-state index is 0.0646. The first-order valence-corrected chi connectivity index (χ1v) is 28.7. The maximum absolute atomic E-state index is 12.0. The van der Waals surface area contributed by atoms with Crippen molar-refractivity contribution in [2.75, 3.05) is 6.61 Å². The van der Waals surface area contributed by atoms with E-state index in [9.17, 15) is 38.7 Å². The number of aliphatic hydroxyl groups is 1. The van der Waals surface area contributed by atoms with Gasteiger partial charge in [0.25, 0.3) is 0 Å². The van der Waals surface area contributed by atoms with Gasteiger partial charge in [-0.15, -0.1) is 0 Å². The lowest BCUT2D eigenvalue weighted by atomic mass is 9.49. The molecule has 2 aliphatic heterocycles. The van der Waals surface area contributed by atoms with Gasteiger partial charge in [0.2, 0.25) is 6.10 Å². The van der Waals surface area contributed by atoms with E-state index in [1.807, 2.05) is 0 Å². The largest absolute Gasteiger partial charge is 0.463 e. The molecule has 2 saturated heterocycles. The first kappa shape index (κ1) is 59.6. The molecule has 11 saturated carbocycles. The summed E-state index contributed by atoms with van der Waals surface area (Å²) in [6, 6.07) is 0. The van der Waals surface area contributed by atoms with E-state index in [1.165, 1.54) is 64.7 Å². The summed E-state index contributed by atoms with van der Waals surface area (Å²) in [6.45, 7) is 30.8. The number of cyclic esters (lactones) is 1. The molecule has 15 nitrogen and oxygen atoms in total. The summed E-state index contributed by atoms with van der Waals surface area (Å²) in [7, 11) is 0. The molecule has 77 heavy (non-hydrogen) atoms. The van der Waals surface area contributed by atoms with Crippen LogP contribution >= 0.6 is 0 Å². The van der Waals surface area contributed by atoms with Crippen LogP contribution in [0.25, 0.3) is 0 Å². The molecule has 2 heterocycles. The van der Waals surface area contributed by atoms with Gasteiger partial charge in [-0.05, 0) is 186 Å². The third kappa shape index (κ3) is 13.5. The molecule has 0 radical (unpaired) electrons. The van der Waals surface area contributed by atoms with Crippen molar-refractivity contribution in [3.8, 4) is 0 Å². The van der Waals surface area contributed by atoms with E-state index in [0.717, 1.165) is 76.0 Å². The van der Waals surface area contributed by atoms with E-state index in [2.05, 4.69) is 51.5 Å². The highest BCUT2D eigenvalue weighted by Gasteiger charge is 2.64. The monoisotopic (exact) mass is 1070 g/mol. The maximum atomic E-state index is 12.0. The van der Waals surface area contributed by atoms with Crippen LogP contribution in [0.1, 0.15) is 183 Å². The summed E-state index contributed by atoms with van der Waals surface area (Å²) in [5.41, 5.74) is 0.859. The van der Waals surface area contributed by atoms with Crippen molar-refractivity contribution in [1.82, 2.24) is 0 Å². The molecule has 8 unspecified atom stereocenters. The zero-order valence-corrected chi connectivity index (χ0v) is 47.2. The van der Waals surface area contributed by atoms with Gasteiger partial charge in [0.1, 0.15) is 29.0 Å². The molecule has 11 aliphatic carbocycles. The highest BCUT2D eigenvalue weighted by atomic mass is 16.6. The van der Waals surface area contributed by atoms with Gasteiger partial charge in [0.15, 0.2) is 0 Å². The molecule has 15 heteroatoms. The summed E-state index contributed by atoms with van der Waals surface area (Å²) in [5.74, 6) is 2.58. The van der Waals surface area contributed by atoms with E-state index in [-0.39, 0.29) is 70.7 Å². The Morgan fingerprint density at radius 3 is 1.57 bits per heavy atom. The quantitative estimate of drug-likeness (QED) is 0.110. The number of ether oxygens (including phenoxy) is 7. The molecule has 0 amide bonds. The van der Waals surface area contributed by atoms with Gasteiger partial charge in [0.05, 0.1) is 18.1 Å². The predicted molar refractivity (Wildman–Crippen MR) is 286 cm³/mol. The van der Waals surface area contributed by atoms with Crippen molar-refractivity contribution in [1.29, 1.82) is 0 Å². The number of carbonyl (C=O) groups is 7. The Labute approximate surface area is 456 Å². The summed E-state index contributed by atoms with van der Waals surface area (Å²) in [6.07, 6.45) is 20.7. The molecular weight excluding hydrogens is 985 g/mol. The van der Waals surface area contributed by atoms with Crippen LogP contribution < -0.4 is 0 Å². The average molecular weight is 1070 g/mol. The highest BCUT2D eigenvalue weighted by molar-refractivity contribution is 5.90. The zero-order chi connectivity index (χ0) is 56.4. The lowest BCUT2D eigenvalue weighted by Crippen LogP contribution is -2.60. The Balaban J connectivity index is 0.000000141. The molecule has 1 N–H and O–H groups in total. The second-order valence-electron chi connectivity index (χ2n) is 25.3. The van der Waals surface area contributed by atoms with Gasteiger partial charge < -0.3 is 38.3 Å². The lowest BCUT2D eigenvalue weighted by molar-refractivity contribution is -0.217. The summed E-state index contributed by atoms with van der Waals surface area (Å²) < 4.78 is 37.2. The number of hydrogen-bond acceptors (Lipinski definition) is 15. The molecule has 13 aliphatic rings. The van der Waals surface area contributed by atoms with Crippen LogP contribution in [0.3, 0.4) is 0 Å². The van der Waals surface area contributed by atoms with Crippen LogP contribution in [0.15, 0.2) is 60.8 Å². The van der Waals surface area contributed by atoms with Crippen LogP contribution in [0, 0.1) is 53.3 Å². The molecule has 0 aromatic rings. The smallest absolute Gasteiger partial charge is 0.347 e. The fraction of sp³-hybridized carbons (Fsp3) is 0.726. The minimum atomic E-state index is -0.728. The van der Waals surface area contributed by atoms with Gasteiger partial charge in [0, 0.05) is 52.5 Å². The molecular formula is C62H88O15. The van der Waals surface area contributed by atoms with Crippen LogP contribution in [0.4, 0.5) is 0 Å². The average Bonchev–Trinajstić information content (AvgIpc) is 4.15. The van der Waals surface area contributed by atoms with Crippen molar-refractivity contribution < 1.29 is 71.8 Å². The van der Waals surface area contributed by atoms with Crippen LogP contribution in [-0.4, -0.2) is 94.2 Å². The van der Waals surface area contributed by atoms with E-state index in [1.54, 1.807) is 27.7 Å². The molecule has 8 atom stereocenters. The van der Waals surface area contributed by atoms with Crippen molar-refractivity contribution in [3.05, 3.63) is 60.8 Å². The second kappa shape index (κ2) is 24.1. The minimum Gasteiger partial charge on any atom is -0.463 e. The van der Waals surface area contributed by atoms with E-state index in [0.29, 0.717) is 71.3 Å². The highest BCUT2D eigenvalue weighted by Crippen LogP contribution is 2.62. The van der Waals surface area contributed by atoms with E-state index < -0.39 is 29.2 Å². The fourth-order valence-electron chi connectivity index (χ4n) is 15.7. The number of fused-ring (bicyclic) bond motifs is 1. The Bertz CT molecular complexity index is 2310.